The molecule has 7 nitrogen and oxygen atoms in total. The van der Waals surface area contributed by atoms with E-state index in [1.165, 1.54) is 23.6 Å². The standard InChI is InChI=1S/C28H22Cl2F3N3O4/c1-16(26(38)35-20-9-5-8-19(29)25(20)30)40-24(37)13-11-21-27(39)36(15-17-6-3-2-4-7-17)23-12-10-18(28(31,32)33)14-22(23)34-21/h2-10,12,14,16H,11,13,15H2,1H3,(H,35,38). The van der Waals surface area contributed by atoms with Crippen molar-refractivity contribution in [3.8, 4) is 0 Å². The number of ether oxygens (including phenoxy) is 1. The van der Waals surface area contributed by atoms with Crippen molar-refractivity contribution in [2.75, 3.05) is 5.32 Å². The summed E-state index contributed by atoms with van der Waals surface area (Å²) in [5, 5.41) is 2.87. The van der Waals surface area contributed by atoms with Gasteiger partial charge in [0.05, 0.1) is 45.3 Å². The van der Waals surface area contributed by atoms with Gasteiger partial charge in [0.1, 0.15) is 5.69 Å². The fourth-order valence-corrected chi connectivity index (χ4v) is 4.27. The first kappa shape index (κ1) is 29.1. The zero-order valence-electron chi connectivity index (χ0n) is 21.0. The predicted molar refractivity (Wildman–Crippen MR) is 146 cm³/mol. The molecule has 0 bridgehead atoms. The molecule has 1 amide bonds. The number of rotatable bonds is 8. The van der Waals surface area contributed by atoms with Crippen LogP contribution in [0.25, 0.3) is 11.0 Å². The summed E-state index contributed by atoms with van der Waals surface area (Å²) in [5.74, 6) is -1.47. The number of aryl methyl sites for hydroxylation is 1. The van der Waals surface area contributed by atoms with E-state index in [4.69, 9.17) is 27.9 Å². The topological polar surface area (TPSA) is 90.3 Å². The number of anilines is 1. The molecule has 0 aliphatic carbocycles. The van der Waals surface area contributed by atoms with Crippen LogP contribution in [0.15, 0.2) is 71.5 Å². The molecule has 4 aromatic rings. The third-order valence-electron chi connectivity index (χ3n) is 5.98. The van der Waals surface area contributed by atoms with Crippen molar-refractivity contribution in [2.24, 2.45) is 0 Å². The van der Waals surface area contributed by atoms with Gasteiger partial charge in [0.25, 0.3) is 11.5 Å². The Morgan fingerprint density at radius 3 is 2.48 bits per heavy atom. The van der Waals surface area contributed by atoms with Gasteiger partial charge < -0.3 is 14.6 Å². The molecule has 0 spiro atoms. The van der Waals surface area contributed by atoms with Crippen molar-refractivity contribution in [2.45, 2.75) is 38.6 Å². The van der Waals surface area contributed by atoms with E-state index in [0.717, 1.165) is 17.7 Å². The lowest BCUT2D eigenvalue weighted by Crippen LogP contribution is -2.31. The third kappa shape index (κ3) is 6.81. The monoisotopic (exact) mass is 591 g/mol. The number of amides is 1. The van der Waals surface area contributed by atoms with Crippen LogP contribution in [-0.2, 0) is 33.5 Å². The van der Waals surface area contributed by atoms with Gasteiger partial charge in [-0.2, -0.15) is 13.2 Å². The van der Waals surface area contributed by atoms with Crippen LogP contribution < -0.4 is 10.9 Å². The van der Waals surface area contributed by atoms with Gasteiger partial charge >= 0.3 is 12.1 Å². The molecule has 1 N–H and O–H groups in total. The van der Waals surface area contributed by atoms with Gasteiger partial charge in [0, 0.05) is 6.42 Å². The number of benzene rings is 3. The first-order valence-corrected chi connectivity index (χ1v) is 12.8. The molecule has 0 radical (unpaired) electrons. The first-order valence-electron chi connectivity index (χ1n) is 12.0. The summed E-state index contributed by atoms with van der Waals surface area (Å²) in [6.07, 6.45) is -6.37. The maximum Gasteiger partial charge on any atom is 0.416 e. The Bertz CT molecular complexity index is 1630. The highest BCUT2D eigenvalue weighted by Crippen LogP contribution is 2.31. The molecule has 0 saturated carbocycles. The largest absolute Gasteiger partial charge is 0.453 e. The van der Waals surface area contributed by atoms with Gasteiger partial charge in [0.15, 0.2) is 6.10 Å². The Morgan fingerprint density at radius 1 is 1.05 bits per heavy atom. The van der Waals surface area contributed by atoms with Crippen LogP contribution in [0.2, 0.25) is 10.0 Å². The van der Waals surface area contributed by atoms with Crippen LogP contribution in [0.3, 0.4) is 0 Å². The van der Waals surface area contributed by atoms with Crippen LogP contribution >= 0.6 is 23.2 Å². The second kappa shape index (κ2) is 12.1. The quantitative estimate of drug-likeness (QED) is 0.244. The molecule has 3 aromatic carbocycles. The second-order valence-corrected chi connectivity index (χ2v) is 9.64. The van der Waals surface area contributed by atoms with Crippen molar-refractivity contribution in [3.05, 3.63) is 104 Å². The SMILES string of the molecule is CC(OC(=O)CCc1nc2cc(C(F)(F)F)ccc2n(Cc2ccccc2)c1=O)C(=O)Nc1cccc(Cl)c1Cl. The number of nitrogens with zero attached hydrogens (tertiary/aromatic N) is 2. The van der Waals surface area contributed by atoms with Crippen molar-refractivity contribution < 1.29 is 27.5 Å². The maximum absolute atomic E-state index is 13.4. The molecular formula is C28H22Cl2F3N3O4. The van der Waals surface area contributed by atoms with E-state index in [0.29, 0.717) is 0 Å². The van der Waals surface area contributed by atoms with Gasteiger partial charge in [-0.05, 0) is 42.8 Å². The van der Waals surface area contributed by atoms with E-state index in [1.807, 2.05) is 0 Å². The molecule has 0 fully saturated rings. The summed E-state index contributed by atoms with van der Waals surface area (Å²) in [4.78, 5) is 42.5. The van der Waals surface area contributed by atoms with E-state index in [-0.39, 0.29) is 51.8 Å². The maximum atomic E-state index is 13.4. The number of carbonyl (C=O) groups excluding carboxylic acids is 2. The lowest BCUT2D eigenvalue weighted by atomic mass is 10.1. The molecule has 208 valence electrons. The fraction of sp³-hybridized carbons (Fsp3) is 0.214. The smallest absolute Gasteiger partial charge is 0.416 e. The molecular weight excluding hydrogens is 570 g/mol. The summed E-state index contributed by atoms with van der Waals surface area (Å²) in [6, 6.07) is 16.5. The molecule has 0 aliphatic heterocycles. The van der Waals surface area contributed by atoms with Gasteiger partial charge in [-0.1, -0.05) is 59.6 Å². The Kier molecular flexibility index (Phi) is 8.80. The van der Waals surface area contributed by atoms with Crippen LogP contribution in [0.1, 0.15) is 30.2 Å². The minimum atomic E-state index is -4.60. The number of esters is 1. The molecule has 1 unspecified atom stereocenters. The van der Waals surface area contributed by atoms with Crippen molar-refractivity contribution in [3.63, 3.8) is 0 Å². The Labute approximate surface area is 236 Å². The summed E-state index contributed by atoms with van der Waals surface area (Å²) in [6.45, 7) is 1.44. The molecule has 1 heterocycles. The summed E-state index contributed by atoms with van der Waals surface area (Å²) < 4.78 is 46.6. The number of halogens is 5. The highest BCUT2D eigenvalue weighted by Gasteiger charge is 2.31. The summed E-state index contributed by atoms with van der Waals surface area (Å²) in [5.41, 5.74) is -0.408. The molecule has 40 heavy (non-hydrogen) atoms. The van der Waals surface area contributed by atoms with Crippen LogP contribution in [0, 0.1) is 0 Å². The summed E-state index contributed by atoms with van der Waals surface area (Å²) in [7, 11) is 0. The van der Waals surface area contributed by atoms with E-state index >= 15 is 0 Å². The average Bonchev–Trinajstić information content (AvgIpc) is 2.91. The van der Waals surface area contributed by atoms with Gasteiger partial charge in [-0.3, -0.25) is 14.4 Å². The van der Waals surface area contributed by atoms with Crippen molar-refractivity contribution >= 4 is 51.8 Å². The molecule has 1 aromatic heterocycles. The zero-order chi connectivity index (χ0) is 29.0. The third-order valence-corrected chi connectivity index (χ3v) is 6.80. The van der Waals surface area contributed by atoms with E-state index in [9.17, 15) is 27.6 Å². The first-order chi connectivity index (χ1) is 18.9. The molecule has 4 rings (SSSR count). The predicted octanol–water partition coefficient (Wildman–Crippen LogP) is 6.27. The van der Waals surface area contributed by atoms with Crippen LogP contribution in [-0.4, -0.2) is 27.5 Å². The highest BCUT2D eigenvalue weighted by molar-refractivity contribution is 6.44. The van der Waals surface area contributed by atoms with E-state index in [1.54, 1.807) is 42.5 Å². The van der Waals surface area contributed by atoms with Crippen LogP contribution in [0.5, 0.6) is 0 Å². The average molecular weight is 592 g/mol. The normalized spacial score (nSPS) is 12.2. The number of hydrogen-bond acceptors (Lipinski definition) is 5. The number of fused-ring (bicyclic) bond motifs is 1. The number of aromatic nitrogens is 2. The minimum Gasteiger partial charge on any atom is -0.453 e. The number of hydrogen-bond donors (Lipinski definition) is 1. The van der Waals surface area contributed by atoms with Crippen molar-refractivity contribution in [1.82, 2.24) is 9.55 Å². The summed E-state index contributed by atoms with van der Waals surface area (Å²) >= 11 is 12.0. The molecule has 0 aliphatic rings. The molecule has 1 atom stereocenters. The van der Waals surface area contributed by atoms with Gasteiger partial charge in [-0.25, -0.2) is 4.98 Å². The lowest BCUT2D eigenvalue weighted by molar-refractivity contribution is -0.153. The Morgan fingerprint density at radius 2 is 1.77 bits per heavy atom. The number of nitrogens with one attached hydrogen (secondary N) is 1. The molecule has 0 saturated heterocycles. The number of carbonyl (C=O) groups is 2. The lowest BCUT2D eigenvalue weighted by Gasteiger charge is -2.15. The van der Waals surface area contributed by atoms with Gasteiger partial charge in [-0.15, -0.1) is 0 Å². The zero-order valence-corrected chi connectivity index (χ0v) is 22.5. The fourth-order valence-electron chi connectivity index (χ4n) is 3.93. The van der Waals surface area contributed by atoms with E-state index in [2.05, 4.69) is 10.3 Å². The Hall–Kier alpha value is -3.89. The van der Waals surface area contributed by atoms with Crippen molar-refractivity contribution in [1.29, 1.82) is 0 Å². The van der Waals surface area contributed by atoms with Crippen LogP contribution in [0.4, 0.5) is 18.9 Å². The van der Waals surface area contributed by atoms with Gasteiger partial charge in [0.2, 0.25) is 0 Å². The number of alkyl halides is 3. The highest BCUT2D eigenvalue weighted by atomic mass is 35.5. The molecule has 12 heteroatoms. The van der Waals surface area contributed by atoms with E-state index < -0.39 is 35.3 Å². The second-order valence-electron chi connectivity index (χ2n) is 8.86. The minimum absolute atomic E-state index is 0.0418. The Balaban J connectivity index is 1.53.